The Labute approximate surface area is 127 Å². The first-order valence-electron chi connectivity index (χ1n) is 5.59. The van der Waals surface area contributed by atoms with Crippen LogP contribution in [0.1, 0.15) is 0 Å². The zero-order chi connectivity index (χ0) is 14.8. The van der Waals surface area contributed by atoms with Crippen molar-refractivity contribution < 1.29 is 22.6 Å². The van der Waals surface area contributed by atoms with Crippen molar-refractivity contribution in [1.82, 2.24) is 0 Å². The van der Waals surface area contributed by atoms with Crippen molar-refractivity contribution in [1.29, 1.82) is 0 Å². The van der Waals surface area contributed by atoms with E-state index in [4.69, 9.17) is 4.74 Å². The topological polar surface area (TPSA) is 18.5 Å². The van der Waals surface area contributed by atoms with Gasteiger partial charge in [0.15, 0.2) is 0 Å². The molecule has 2 aromatic carbocycles. The van der Waals surface area contributed by atoms with Gasteiger partial charge in [0.2, 0.25) is 0 Å². The van der Waals surface area contributed by atoms with E-state index in [9.17, 15) is 13.2 Å². The molecule has 0 amide bonds. The number of ether oxygens (including phenoxy) is 2. The van der Waals surface area contributed by atoms with Crippen LogP contribution in [0.15, 0.2) is 42.5 Å². The van der Waals surface area contributed by atoms with Gasteiger partial charge in [0.25, 0.3) is 0 Å². The van der Waals surface area contributed by atoms with Gasteiger partial charge in [-0.25, -0.2) is 0 Å². The highest BCUT2D eigenvalue weighted by molar-refractivity contribution is 14.1. The van der Waals surface area contributed by atoms with Crippen LogP contribution in [0, 0.1) is 3.57 Å². The molecule has 0 saturated heterocycles. The molecule has 0 aliphatic carbocycles. The fraction of sp³-hybridized carbons (Fsp3) is 0.143. The van der Waals surface area contributed by atoms with Gasteiger partial charge in [-0.3, -0.25) is 0 Å². The third-order valence-electron chi connectivity index (χ3n) is 2.58. The Morgan fingerprint density at radius 1 is 0.950 bits per heavy atom. The molecule has 2 rings (SSSR count). The molecule has 2 aromatic rings. The number of hydrogen-bond donors (Lipinski definition) is 0. The van der Waals surface area contributed by atoms with Crippen LogP contribution in [0.2, 0.25) is 0 Å². The Hall–Kier alpha value is -1.44. The first-order valence-corrected chi connectivity index (χ1v) is 6.66. The molecule has 0 saturated carbocycles. The van der Waals surface area contributed by atoms with Gasteiger partial charge < -0.3 is 9.47 Å². The molecule has 0 bridgehead atoms. The summed E-state index contributed by atoms with van der Waals surface area (Å²) in [6.45, 7) is 0. The average molecular weight is 394 g/mol. The molecular formula is C14H10F3IO2. The Kier molecular flexibility index (Phi) is 4.42. The second-order valence-electron chi connectivity index (χ2n) is 3.92. The van der Waals surface area contributed by atoms with Crippen molar-refractivity contribution in [2.24, 2.45) is 0 Å². The van der Waals surface area contributed by atoms with Crippen molar-refractivity contribution in [3.05, 3.63) is 46.0 Å². The lowest BCUT2D eigenvalue weighted by atomic mass is 10.1. The summed E-state index contributed by atoms with van der Waals surface area (Å²) in [6, 6.07) is 11.3. The van der Waals surface area contributed by atoms with Gasteiger partial charge in [-0.1, -0.05) is 12.1 Å². The van der Waals surface area contributed by atoms with Gasteiger partial charge in [0.05, 0.1) is 7.11 Å². The quantitative estimate of drug-likeness (QED) is 0.692. The second-order valence-corrected chi connectivity index (χ2v) is 5.08. The first kappa shape index (κ1) is 15.0. The average Bonchev–Trinajstić information content (AvgIpc) is 2.38. The van der Waals surface area contributed by atoms with Crippen molar-refractivity contribution in [3.63, 3.8) is 0 Å². The Bertz CT molecular complexity index is 594. The van der Waals surface area contributed by atoms with E-state index in [0.717, 1.165) is 20.4 Å². The van der Waals surface area contributed by atoms with Crippen LogP contribution in [-0.4, -0.2) is 13.5 Å². The lowest BCUT2D eigenvalue weighted by molar-refractivity contribution is -0.274. The van der Waals surface area contributed by atoms with Crippen LogP contribution in [0.4, 0.5) is 13.2 Å². The molecule has 6 heteroatoms. The van der Waals surface area contributed by atoms with Crippen molar-refractivity contribution in [3.8, 4) is 22.6 Å². The predicted molar refractivity (Wildman–Crippen MR) is 77.8 cm³/mol. The van der Waals surface area contributed by atoms with Gasteiger partial charge in [-0.15, -0.1) is 13.2 Å². The monoisotopic (exact) mass is 394 g/mol. The summed E-state index contributed by atoms with van der Waals surface area (Å²) < 4.78 is 46.1. The van der Waals surface area contributed by atoms with Gasteiger partial charge >= 0.3 is 6.36 Å². The molecule has 0 fully saturated rings. The summed E-state index contributed by atoms with van der Waals surface area (Å²) in [5.74, 6) is 0.500. The largest absolute Gasteiger partial charge is 0.573 e. The van der Waals surface area contributed by atoms with E-state index >= 15 is 0 Å². The first-order chi connectivity index (χ1) is 9.39. The highest BCUT2D eigenvalue weighted by atomic mass is 127. The Morgan fingerprint density at radius 3 is 2.05 bits per heavy atom. The minimum Gasteiger partial charge on any atom is -0.497 e. The zero-order valence-corrected chi connectivity index (χ0v) is 12.5. The van der Waals surface area contributed by atoms with Crippen LogP contribution in [-0.2, 0) is 0 Å². The van der Waals surface area contributed by atoms with E-state index in [1.54, 1.807) is 25.3 Å². The number of hydrogen-bond acceptors (Lipinski definition) is 2. The van der Waals surface area contributed by atoms with Gasteiger partial charge in [0.1, 0.15) is 11.5 Å². The minimum atomic E-state index is -4.67. The molecule has 0 spiro atoms. The third-order valence-corrected chi connectivity index (χ3v) is 3.47. The molecule has 0 N–H and O–H groups in total. The molecule has 2 nitrogen and oxygen atoms in total. The maximum absolute atomic E-state index is 12.1. The molecular weight excluding hydrogens is 384 g/mol. The normalized spacial score (nSPS) is 11.2. The highest BCUT2D eigenvalue weighted by Gasteiger charge is 2.30. The maximum atomic E-state index is 12.1. The van der Waals surface area contributed by atoms with E-state index in [1.807, 2.05) is 12.1 Å². The van der Waals surface area contributed by atoms with Crippen molar-refractivity contribution in [2.75, 3.05) is 7.11 Å². The molecule has 106 valence electrons. The SMILES string of the molecule is COc1ccc(-c2ccc(OC(F)(F)F)cc2)c(I)c1. The number of halogens is 4. The summed E-state index contributed by atoms with van der Waals surface area (Å²) in [5.41, 5.74) is 1.73. The number of methoxy groups -OCH3 is 1. The predicted octanol–water partition coefficient (Wildman–Crippen LogP) is 4.87. The van der Waals surface area contributed by atoms with E-state index in [-0.39, 0.29) is 5.75 Å². The number of benzene rings is 2. The molecule has 0 radical (unpaired) electrons. The molecule has 20 heavy (non-hydrogen) atoms. The number of rotatable bonds is 3. The molecule has 0 aromatic heterocycles. The van der Waals surface area contributed by atoms with Crippen LogP contribution in [0.3, 0.4) is 0 Å². The van der Waals surface area contributed by atoms with E-state index in [0.29, 0.717) is 0 Å². The molecule has 0 aliphatic heterocycles. The molecule has 0 aliphatic rings. The summed E-state index contributed by atoms with van der Waals surface area (Å²) in [6.07, 6.45) is -4.67. The summed E-state index contributed by atoms with van der Waals surface area (Å²) in [5, 5.41) is 0. The summed E-state index contributed by atoms with van der Waals surface area (Å²) in [4.78, 5) is 0. The van der Waals surface area contributed by atoms with Gasteiger partial charge in [0, 0.05) is 3.57 Å². The number of alkyl halides is 3. The lowest BCUT2D eigenvalue weighted by Gasteiger charge is -2.10. The van der Waals surface area contributed by atoms with Gasteiger partial charge in [-0.05, 0) is 64.0 Å². The fourth-order valence-corrected chi connectivity index (χ4v) is 2.49. The highest BCUT2D eigenvalue weighted by Crippen LogP contribution is 2.31. The van der Waals surface area contributed by atoms with Crippen molar-refractivity contribution in [2.45, 2.75) is 6.36 Å². The van der Waals surface area contributed by atoms with Crippen molar-refractivity contribution >= 4 is 22.6 Å². The van der Waals surface area contributed by atoms with E-state index < -0.39 is 6.36 Å². The third kappa shape index (κ3) is 3.78. The lowest BCUT2D eigenvalue weighted by Crippen LogP contribution is -2.16. The van der Waals surface area contributed by atoms with Crippen LogP contribution in [0.5, 0.6) is 11.5 Å². The fourth-order valence-electron chi connectivity index (χ4n) is 1.69. The Balaban J connectivity index is 2.26. The summed E-state index contributed by atoms with van der Waals surface area (Å²) in [7, 11) is 1.58. The molecule has 0 unspecified atom stereocenters. The van der Waals surface area contributed by atoms with Crippen LogP contribution < -0.4 is 9.47 Å². The van der Waals surface area contributed by atoms with Gasteiger partial charge in [-0.2, -0.15) is 0 Å². The minimum absolute atomic E-state index is 0.232. The second kappa shape index (κ2) is 5.90. The Morgan fingerprint density at radius 2 is 1.55 bits per heavy atom. The molecule has 0 atom stereocenters. The zero-order valence-electron chi connectivity index (χ0n) is 10.4. The van der Waals surface area contributed by atoms with Crippen LogP contribution in [0.25, 0.3) is 11.1 Å². The van der Waals surface area contributed by atoms with E-state index in [1.165, 1.54) is 12.1 Å². The van der Waals surface area contributed by atoms with E-state index in [2.05, 4.69) is 27.3 Å². The standard InChI is InChI=1S/C14H10F3IO2/c1-19-11-6-7-12(13(18)8-11)9-2-4-10(5-3-9)20-14(15,16)17/h2-8H,1H3. The molecule has 0 heterocycles. The summed E-state index contributed by atoms with van der Waals surface area (Å²) >= 11 is 2.15. The maximum Gasteiger partial charge on any atom is 0.573 e. The smallest absolute Gasteiger partial charge is 0.497 e. The van der Waals surface area contributed by atoms with Crippen LogP contribution >= 0.6 is 22.6 Å².